The Bertz CT molecular complexity index is 1030. The molecule has 0 atom stereocenters. The largest absolute Gasteiger partial charge is 0.350 e. The van der Waals surface area contributed by atoms with Gasteiger partial charge in [-0.15, -0.1) is 11.3 Å². The maximum atomic E-state index is 13.6. The molecule has 1 aromatic carbocycles. The number of amides is 2. The number of carbonyl (C=O) groups is 2. The van der Waals surface area contributed by atoms with Gasteiger partial charge in [0.05, 0.1) is 0 Å². The van der Waals surface area contributed by atoms with Crippen molar-refractivity contribution in [3.8, 4) is 0 Å². The van der Waals surface area contributed by atoms with E-state index in [1.807, 2.05) is 0 Å². The zero-order chi connectivity index (χ0) is 21.7. The highest BCUT2D eigenvalue weighted by Gasteiger charge is 2.31. The van der Waals surface area contributed by atoms with Crippen LogP contribution >= 0.6 is 23.1 Å². The molecular formula is C19H22FN3O4S3. The molecule has 1 saturated heterocycles. The van der Waals surface area contributed by atoms with Gasteiger partial charge in [-0.1, -0.05) is 6.07 Å². The summed E-state index contributed by atoms with van der Waals surface area (Å²) < 4.78 is 40.7. The predicted molar refractivity (Wildman–Crippen MR) is 116 cm³/mol. The van der Waals surface area contributed by atoms with Crippen LogP contribution in [0, 0.1) is 12.7 Å². The van der Waals surface area contributed by atoms with Gasteiger partial charge in [0.25, 0.3) is 11.8 Å². The third-order valence-corrected chi connectivity index (χ3v) is 8.48. The van der Waals surface area contributed by atoms with Crippen molar-refractivity contribution in [2.75, 3.05) is 37.7 Å². The van der Waals surface area contributed by atoms with Crippen molar-refractivity contribution in [2.24, 2.45) is 0 Å². The van der Waals surface area contributed by atoms with E-state index in [0.29, 0.717) is 18.7 Å². The molecule has 1 aliphatic rings. The van der Waals surface area contributed by atoms with Crippen LogP contribution in [-0.4, -0.2) is 62.2 Å². The number of halogens is 1. The molecule has 7 nitrogen and oxygen atoms in total. The summed E-state index contributed by atoms with van der Waals surface area (Å²) >= 11 is 2.76. The summed E-state index contributed by atoms with van der Waals surface area (Å²) in [5.74, 6) is 0.0380. The Labute approximate surface area is 183 Å². The number of nitrogens with zero attached hydrogens (tertiary/aromatic N) is 1. The van der Waals surface area contributed by atoms with Gasteiger partial charge >= 0.3 is 0 Å². The van der Waals surface area contributed by atoms with E-state index >= 15 is 0 Å². The molecule has 0 radical (unpaired) electrons. The molecule has 162 valence electrons. The summed E-state index contributed by atoms with van der Waals surface area (Å²) in [6.07, 6.45) is 0. The van der Waals surface area contributed by atoms with E-state index in [9.17, 15) is 22.4 Å². The normalized spacial score (nSPS) is 15.0. The number of aryl methyl sites for hydroxylation is 1. The number of thioether (sulfide) groups is 1. The summed E-state index contributed by atoms with van der Waals surface area (Å²) in [7, 11) is -3.72. The third kappa shape index (κ3) is 5.20. The standard InChI is InChI=1S/C19H22FN3O4S3/c1-13-2-3-14(12-15(13)20)18(24)21-5-6-22-19(25)17-16(4-9-29-17)30(26,27)23-7-10-28-11-8-23/h2-4,9,12H,5-8,10-11H2,1H3,(H,21,24)(H,22,25). The summed E-state index contributed by atoms with van der Waals surface area (Å²) in [5, 5.41) is 6.80. The highest BCUT2D eigenvalue weighted by atomic mass is 32.2. The zero-order valence-corrected chi connectivity index (χ0v) is 18.8. The number of rotatable bonds is 7. The topological polar surface area (TPSA) is 95.6 Å². The lowest BCUT2D eigenvalue weighted by Crippen LogP contribution is -2.39. The Morgan fingerprint density at radius 3 is 2.43 bits per heavy atom. The van der Waals surface area contributed by atoms with E-state index in [-0.39, 0.29) is 28.4 Å². The molecule has 0 spiro atoms. The molecule has 1 aromatic heterocycles. The summed E-state index contributed by atoms with van der Waals surface area (Å²) in [6.45, 7) is 2.69. The molecule has 2 N–H and O–H groups in total. The van der Waals surface area contributed by atoms with Gasteiger partial charge in [0.15, 0.2) is 0 Å². The van der Waals surface area contributed by atoms with Gasteiger partial charge in [0, 0.05) is 43.2 Å². The first-order valence-corrected chi connectivity index (χ1v) is 12.8. The molecule has 3 rings (SSSR count). The first-order valence-electron chi connectivity index (χ1n) is 9.28. The number of nitrogens with one attached hydrogen (secondary N) is 2. The van der Waals surface area contributed by atoms with Gasteiger partial charge in [-0.25, -0.2) is 12.8 Å². The van der Waals surface area contributed by atoms with E-state index in [0.717, 1.165) is 28.9 Å². The number of sulfonamides is 1. The minimum Gasteiger partial charge on any atom is -0.350 e. The molecule has 11 heteroatoms. The Balaban J connectivity index is 1.55. The van der Waals surface area contributed by atoms with Crippen LogP contribution in [0.5, 0.6) is 0 Å². The lowest BCUT2D eigenvalue weighted by atomic mass is 10.1. The van der Waals surface area contributed by atoms with Crippen LogP contribution in [0.3, 0.4) is 0 Å². The van der Waals surface area contributed by atoms with Crippen LogP contribution in [-0.2, 0) is 10.0 Å². The summed E-state index contributed by atoms with van der Waals surface area (Å²) in [5.41, 5.74) is 0.639. The fraction of sp³-hybridized carbons (Fsp3) is 0.368. The smallest absolute Gasteiger partial charge is 0.262 e. The minimum atomic E-state index is -3.72. The molecule has 0 unspecified atom stereocenters. The van der Waals surface area contributed by atoms with Crippen LogP contribution in [0.1, 0.15) is 25.6 Å². The number of hydrogen-bond donors (Lipinski definition) is 2. The first-order chi connectivity index (χ1) is 14.3. The van der Waals surface area contributed by atoms with Crippen molar-refractivity contribution in [1.82, 2.24) is 14.9 Å². The Kier molecular flexibility index (Phi) is 7.50. The van der Waals surface area contributed by atoms with Crippen LogP contribution in [0.4, 0.5) is 4.39 Å². The fourth-order valence-electron chi connectivity index (χ4n) is 2.86. The van der Waals surface area contributed by atoms with Crippen LogP contribution in [0.15, 0.2) is 34.5 Å². The number of carbonyl (C=O) groups excluding carboxylic acids is 2. The van der Waals surface area contributed by atoms with Crippen molar-refractivity contribution in [3.63, 3.8) is 0 Å². The summed E-state index contributed by atoms with van der Waals surface area (Å²) in [4.78, 5) is 24.7. The van der Waals surface area contributed by atoms with Crippen LogP contribution in [0.2, 0.25) is 0 Å². The molecule has 0 bridgehead atoms. The van der Waals surface area contributed by atoms with Crippen molar-refractivity contribution in [3.05, 3.63) is 51.5 Å². The van der Waals surface area contributed by atoms with Gasteiger partial charge in [0.2, 0.25) is 10.0 Å². The van der Waals surface area contributed by atoms with Crippen molar-refractivity contribution in [2.45, 2.75) is 11.8 Å². The van der Waals surface area contributed by atoms with Crippen molar-refractivity contribution in [1.29, 1.82) is 0 Å². The fourth-order valence-corrected chi connectivity index (χ4v) is 6.75. The predicted octanol–water partition coefficient (Wildman–Crippen LogP) is 2.09. The highest BCUT2D eigenvalue weighted by molar-refractivity contribution is 7.99. The van der Waals surface area contributed by atoms with Gasteiger partial charge < -0.3 is 10.6 Å². The first kappa shape index (κ1) is 22.7. The second-order valence-corrected chi connectivity index (χ2v) is 10.7. The van der Waals surface area contributed by atoms with E-state index < -0.39 is 27.7 Å². The molecule has 2 aromatic rings. The second kappa shape index (κ2) is 9.90. The van der Waals surface area contributed by atoms with Gasteiger partial charge in [-0.05, 0) is 36.1 Å². The Morgan fingerprint density at radius 2 is 1.77 bits per heavy atom. The van der Waals surface area contributed by atoms with E-state index in [2.05, 4.69) is 10.6 Å². The molecule has 2 amide bonds. The molecular weight excluding hydrogens is 449 g/mol. The number of thiophene rings is 1. The van der Waals surface area contributed by atoms with E-state index in [1.54, 1.807) is 24.1 Å². The van der Waals surface area contributed by atoms with Gasteiger partial charge in [-0.2, -0.15) is 16.1 Å². The highest BCUT2D eigenvalue weighted by Crippen LogP contribution is 2.27. The van der Waals surface area contributed by atoms with Crippen LogP contribution in [0.25, 0.3) is 0 Å². The monoisotopic (exact) mass is 471 g/mol. The van der Waals surface area contributed by atoms with E-state index in [1.165, 1.54) is 22.5 Å². The summed E-state index contributed by atoms with van der Waals surface area (Å²) in [6, 6.07) is 5.65. The molecule has 30 heavy (non-hydrogen) atoms. The molecule has 1 aliphatic heterocycles. The van der Waals surface area contributed by atoms with Gasteiger partial charge in [-0.3, -0.25) is 9.59 Å². The Morgan fingerprint density at radius 1 is 1.10 bits per heavy atom. The minimum absolute atomic E-state index is 0.0102. The lowest BCUT2D eigenvalue weighted by molar-refractivity contribution is 0.0928. The van der Waals surface area contributed by atoms with Gasteiger partial charge in [0.1, 0.15) is 15.6 Å². The van der Waals surface area contributed by atoms with Crippen molar-refractivity contribution >= 4 is 44.9 Å². The molecule has 0 saturated carbocycles. The average Bonchev–Trinajstić information content (AvgIpc) is 3.24. The van der Waals surface area contributed by atoms with E-state index in [4.69, 9.17) is 0 Å². The Hall–Kier alpha value is -1.95. The molecule has 0 aliphatic carbocycles. The third-order valence-electron chi connectivity index (χ3n) is 4.55. The zero-order valence-electron chi connectivity index (χ0n) is 16.3. The average molecular weight is 472 g/mol. The quantitative estimate of drug-likeness (QED) is 0.603. The number of benzene rings is 1. The SMILES string of the molecule is Cc1ccc(C(=O)NCCNC(=O)c2sccc2S(=O)(=O)N2CCSCC2)cc1F. The maximum absolute atomic E-state index is 13.6. The van der Waals surface area contributed by atoms with Crippen LogP contribution < -0.4 is 10.6 Å². The molecule has 2 heterocycles. The maximum Gasteiger partial charge on any atom is 0.262 e. The second-order valence-electron chi connectivity index (χ2n) is 6.61. The number of hydrogen-bond acceptors (Lipinski definition) is 6. The van der Waals surface area contributed by atoms with Crippen molar-refractivity contribution < 1.29 is 22.4 Å². The molecule has 1 fully saturated rings. The lowest BCUT2D eigenvalue weighted by Gasteiger charge is -2.25.